The summed E-state index contributed by atoms with van der Waals surface area (Å²) in [7, 11) is -3.62. The van der Waals surface area contributed by atoms with E-state index in [9.17, 15) is 18.0 Å². The first-order valence-electron chi connectivity index (χ1n) is 10.6. The maximum Gasteiger partial charge on any atom is 0.251 e. The van der Waals surface area contributed by atoms with Crippen LogP contribution in [0.15, 0.2) is 29.2 Å². The van der Waals surface area contributed by atoms with Gasteiger partial charge in [-0.2, -0.15) is 0 Å². The summed E-state index contributed by atoms with van der Waals surface area (Å²) in [5.74, 6) is -0.105. The molecule has 1 aromatic carbocycles. The predicted octanol–water partition coefficient (Wildman–Crippen LogP) is 2.43. The molecule has 3 rings (SSSR count). The lowest BCUT2D eigenvalue weighted by Crippen LogP contribution is -2.34. The van der Waals surface area contributed by atoms with Gasteiger partial charge in [-0.1, -0.05) is 25.3 Å². The van der Waals surface area contributed by atoms with Crippen molar-refractivity contribution < 1.29 is 18.0 Å². The number of carbonyl (C=O) groups is 2. The van der Waals surface area contributed by atoms with E-state index in [1.54, 1.807) is 12.1 Å². The molecule has 0 radical (unpaired) electrons. The van der Waals surface area contributed by atoms with Crippen molar-refractivity contribution in [3.05, 3.63) is 29.8 Å². The Labute approximate surface area is 173 Å². The van der Waals surface area contributed by atoms with Gasteiger partial charge in [0.15, 0.2) is 0 Å². The van der Waals surface area contributed by atoms with Gasteiger partial charge in [0.25, 0.3) is 5.91 Å². The molecule has 29 heavy (non-hydrogen) atoms. The molecule has 2 amide bonds. The van der Waals surface area contributed by atoms with Gasteiger partial charge in [-0.25, -0.2) is 13.1 Å². The molecule has 1 aromatic rings. The Kier molecular flexibility index (Phi) is 7.66. The summed E-state index contributed by atoms with van der Waals surface area (Å²) in [6, 6.07) is 6.12. The number of nitrogens with zero attached hydrogens (tertiary/aromatic N) is 1. The molecule has 0 unspecified atom stereocenters. The molecule has 0 atom stereocenters. The molecule has 1 saturated heterocycles. The van der Waals surface area contributed by atoms with Gasteiger partial charge in [0.05, 0.1) is 4.90 Å². The van der Waals surface area contributed by atoms with Crippen LogP contribution in [-0.4, -0.2) is 50.8 Å². The third kappa shape index (κ3) is 6.27. The van der Waals surface area contributed by atoms with E-state index in [1.165, 1.54) is 12.1 Å². The Bertz CT molecular complexity index is 819. The number of nitrogens with one attached hydrogen (secondary N) is 2. The summed E-state index contributed by atoms with van der Waals surface area (Å²) in [6.07, 6.45) is 8.18. The lowest BCUT2D eigenvalue weighted by molar-refractivity contribution is -0.130. The van der Waals surface area contributed by atoms with Crippen molar-refractivity contribution in [3.63, 3.8) is 0 Å². The second-order valence-corrected chi connectivity index (χ2v) is 9.65. The highest BCUT2D eigenvalue weighted by Gasteiger charge is 2.23. The van der Waals surface area contributed by atoms with Crippen LogP contribution in [0.2, 0.25) is 0 Å². The molecule has 7 nitrogen and oxygen atoms in total. The highest BCUT2D eigenvalue weighted by Crippen LogP contribution is 2.21. The summed E-state index contributed by atoms with van der Waals surface area (Å²) in [6.45, 7) is 1.87. The van der Waals surface area contributed by atoms with Crippen molar-refractivity contribution in [2.24, 2.45) is 0 Å². The number of amides is 2. The largest absolute Gasteiger partial charge is 0.352 e. The molecular formula is C21H31N3O4S. The van der Waals surface area contributed by atoms with Gasteiger partial charge in [-0.15, -0.1) is 0 Å². The second kappa shape index (κ2) is 10.2. The van der Waals surface area contributed by atoms with Gasteiger partial charge in [0.1, 0.15) is 0 Å². The van der Waals surface area contributed by atoms with Crippen LogP contribution in [-0.2, 0) is 14.8 Å². The van der Waals surface area contributed by atoms with Gasteiger partial charge >= 0.3 is 0 Å². The molecule has 1 saturated carbocycles. The zero-order chi connectivity index (χ0) is 20.7. The fourth-order valence-corrected chi connectivity index (χ4v) is 5.33. The number of sulfonamides is 1. The van der Waals surface area contributed by atoms with Gasteiger partial charge in [0.2, 0.25) is 15.9 Å². The Morgan fingerprint density at radius 2 is 1.90 bits per heavy atom. The molecule has 1 aliphatic carbocycles. The van der Waals surface area contributed by atoms with E-state index in [4.69, 9.17) is 0 Å². The molecule has 0 aromatic heterocycles. The smallest absolute Gasteiger partial charge is 0.251 e. The topological polar surface area (TPSA) is 95.6 Å². The molecule has 8 heteroatoms. The van der Waals surface area contributed by atoms with Crippen molar-refractivity contribution in [2.75, 3.05) is 19.6 Å². The second-order valence-electron chi connectivity index (χ2n) is 7.93. The van der Waals surface area contributed by atoms with Crippen molar-refractivity contribution in [3.8, 4) is 0 Å². The normalized spacial score (nSPS) is 18.6. The molecule has 2 aliphatic rings. The summed E-state index contributed by atoms with van der Waals surface area (Å²) >= 11 is 0. The predicted molar refractivity (Wildman–Crippen MR) is 111 cm³/mol. The Hall–Kier alpha value is -1.93. The van der Waals surface area contributed by atoms with Crippen LogP contribution >= 0.6 is 0 Å². The lowest BCUT2D eigenvalue weighted by atomic mass is 10.2. The third-order valence-electron chi connectivity index (χ3n) is 5.65. The zero-order valence-corrected chi connectivity index (χ0v) is 17.7. The molecule has 0 spiro atoms. The van der Waals surface area contributed by atoms with Crippen LogP contribution in [0.4, 0.5) is 0 Å². The van der Waals surface area contributed by atoms with E-state index in [1.807, 2.05) is 4.90 Å². The number of rotatable bonds is 8. The number of hydrogen-bond acceptors (Lipinski definition) is 4. The van der Waals surface area contributed by atoms with E-state index >= 15 is 0 Å². The summed E-state index contributed by atoms with van der Waals surface area (Å²) in [5.41, 5.74) is 0.324. The number of carbonyl (C=O) groups excluding carboxylic acids is 2. The van der Waals surface area contributed by atoms with Gasteiger partial charge < -0.3 is 10.2 Å². The van der Waals surface area contributed by atoms with Crippen LogP contribution in [0.25, 0.3) is 0 Å². The van der Waals surface area contributed by atoms with Gasteiger partial charge in [0, 0.05) is 37.7 Å². The minimum atomic E-state index is -3.62. The summed E-state index contributed by atoms with van der Waals surface area (Å²) < 4.78 is 27.9. The van der Waals surface area contributed by atoms with Crippen LogP contribution in [0.3, 0.4) is 0 Å². The first kappa shape index (κ1) is 21.8. The van der Waals surface area contributed by atoms with Crippen molar-refractivity contribution >= 4 is 21.8 Å². The Balaban J connectivity index is 1.50. The summed E-state index contributed by atoms with van der Waals surface area (Å²) in [4.78, 5) is 26.4. The molecule has 2 N–H and O–H groups in total. The van der Waals surface area contributed by atoms with E-state index in [-0.39, 0.29) is 22.8 Å². The highest BCUT2D eigenvalue weighted by atomic mass is 32.2. The maximum atomic E-state index is 12.6. The fraction of sp³-hybridized carbons (Fsp3) is 0.619. The first-order chi connectivity index (χ1) is 14.0. The fourth-order valence-electron chi connectivity index (χ4n) is 3.98. The van der Waals surface area contributed by atoms with Crippen LogP contribution in [0, 0.1) is 0 Å². The molecule has 2 fully saturated rings. The standard InChI is InChI=1S/C21H31N3O4S/c25-20-12-2-1-5-14-24(20)15-7-13-22-21(26)17-8-6-11-19(16-17)29(27,28)23-18-9-3-4-10-18/h6,8,11,16,18,23H,1-5,7,9-10,12-15H2,(H,22,26). The maximum absolute atomic E-state index is 12.6. The van der Waals surface area contributed by atoms with Crippen molar-refractivity contribution in [1.82, 2.24) is 14.9 Å². The minimum Gasteiger partial charge on any atom is -0.352 e. The monoisotopic (exact) mass is 421 g/mol. The molecular weight excluding hydrogens is 390 g/mol. The number of benzene rings is 1. The minimum absolute atomic E-state index is 0.0146. The average Bonchev–Trinajstić information content (AvgIpc) is 3.12. The quantitative estimate of drug-likeness (QED) is 0.630. The lowest BCUT2D eigenvalue weighted by Gasteiger charge is -2.20. The van der Waals surface area contributed by atoms with E-state index in [2.05, 4.69) is 10.0 Å². The zero-order valence-electron chi connectivity index (χ0n) is 16.9. The molecule has 0 bridgehead atoms. The van der Waals surface area contributed by atoms with E-state index in [0.29, 0.717) is 31.5 Å². The van der Waals surface area contributed by atoms with Crippen LogP contribution in [0.1, 0.15) is 68.1 Å². The molecule has 1 aliphatic heterocycles. The highest BCUT2D eigenvalue weighted by molar-refractivity contribution is 7.89. The molecule has 160 valence electrons. The van der Waals surface area contributed by atoms with Crippen LogP contribution < -0.4 is 10.0 Å². The third-order valence-corrected chi connectivity index (χ3v) is 7.16. The molecule has 1 heterocycles. The first-order valence-corrected chi connectivity index (χ1v) is 12.1. The van der Waals surface area contributed by atoms with E-state index < -0.39 is 10.0 Å². The van der Waals surface area contributed by atoms with Crippen molar-refractivity contribution in [2.45, 2.75) is 68.7 Å². The van der Waals surface area contributed by atoms with Crippen molar-refractivity contribution in [1.29, 1.82) is 0 Å². The number of likely N-dealkylation sites (tertiary alicyclic amines) is 1. The van der Waals surface area contributed by atoms with Crippen LogP contribution in [0.5, 0.6) is 0 Å². The van der Waals surface area contributed by atoms with Gasteiger partial charge in [-0.3, -0.25) is 9.59 Å². The van der Waals surface area contributed by atoms with Gasteiger partial charge in [-0.05, 0) is 50.3 Å². The average molecular weight is 422 g/mol. The number of hydrogen-bond donors (Lipinski definition) is 2. The Morgan fingerprint density at radius 1 is 1.10 bits per heavy atom. The Morgan fingerprint density at radius 3 is 2.69 bits per heavy atom. The summed E-state index contributed by atoms with van der Waals surface area (Å²) in [5, 5.41) is 2.83. The van der Waals surface area contributed by atoms with E-state index in [0.717, 1.165) is 51.5 Å². The SMILES string of the molecule is O=C(NCCCN1CCCCCC1=O)c1cccc(S(=O)(=O)NC2CCCC2)c1.